The monoisotopic (exact) mass is 468 g/mol. The molecule has 0 aliphatic carbocycles. The van der Waals surface area contributed by atoms with Gasteiger partial charge in [-0.1, -0.05) is 42.6 Å². The van der Waals surface area contributed by atoms with E-state index in [9.17, 15) is 9.59 Å². The molecule has 0 amide bonds. The predicted octanol–water partition coefficient (Wildman–Crippen LogP) is 6.65. The predicted molar refractivity (Wildman–Crippen MR) is 136 cm³/mol. The van der Waals surface area contributed by atoms with Gasteiger partial charge in [0, 0.05) is 59.3 Å². The summed E-state index contributed by atoms with van der Waals surface area (Å²) in [6, 6.07) is 13.9. The molecule has 2 aromatic carbocycles. The summed E-state index contributed by atoms with van der Waals surface area (Å²) in [7, 11) is 2.02. The molecule has 0 radical (unpaired) electrons. The van der Waals surface area contributed by atoms with Crippen LogP contribution in [0.15, 0.2) is 42.5 Å². The van der Waals surface area contributed by atoms with Gasteiger partial charge in [0.05, 0.1) is 0 Å². The van der Waals surface area contributed by atoms with Gasteiger partial charge in [0.2, 0.25) is 0 Å². The van der Waals surface area contributed by atoms with Gasteiger partial charge in [0.25, 0.3) is 0 Å². The van der Waals surface area contributed by atoms with Gasteiger partial charge >= 0.3 is 5.97 Å². The highest BCUT2D eigenvalue weighted by Gasteiger charge is 2.23. The van der Waals surface area contributed by atoms with E-state index >= 15 is 0 Å². The Morgan fingerprint density at radius 1 is 1.09 bits per heavy atom. The lowest BCUT2D eigenvalue weighted by Gasteiger charge is -2.11. The van der Waals surface area contributed by atoms with E-state index in [2.05, 4.69) is 28.1 Å². The second kappa shape index (κ2) is 11.4. The molecule has 2 N–H and O–H groups in total. The number of hydrogen-bond donors (Lipinski definition) is 2. The van der Waals surface area contributed by atoms with E-state index < -0.39 is 5.97 Å². The van der Waals surface area contributed by atoms with Crippen molar-refractivity contribution in [1.29, 1.82) is 0 Å². The number of carboxylic acids is 1. The first-order valence-corrected chi connectivity index (χ1v) is 12.0. The molecule has 3 aromatic rings. The van der Waals surface area contributed by atoms with E-state index in [1.54, 1.807) is 0 Å². The zero-order valence-electron chi connectivity index (χ0n) is 19.7. The number of nitrogens with one attached hydrogen (secondary N) is 1. The van der Waals surface area contributed by atoms with Crippen molar-refractivity contribution in [3.63, 3.8) is 0 Å². The Bertz CT molecular complexity index is 1140. The van der Waals surface area contributed by atoms with Crippen molar-refractivity contribution in [2.75, 3.05) is 11.9 Å². The molecule has 176 valence electrons. The number of Topliss-reactive ketones (excluding diaryl/α,β-unsaturated/α-hetero) is 1. The Morgan fingerprint density at radius 2 is 1.88 bits per heavy atom. The van der Waals surface area contributed by atoms with Crippen LogP contribution in [0, 0.1) is 12.8 Å². The SMILES string of the molecule is Cc1ccc2c(c1)c(C(=O)C[C@H](C)CC(=O)O)c(CCCCCNc1cccc(Cl)c1)n2C. The van der Waals surface area contributed by atoms with Crippen LogP contribution in [0.4, 0.5) is 5.69 Å². The molecule has 1 heterocycles. The van der Waals surface area contributed by atoms with Crippen LogP contribution in [0.2, 0.25) is 5.02 Å². The maximum atomic E-state index is 13.3. The van der Waals surface area contributed by atoms with Crippen LogP contribution < -0.4 is 5.32 Å². The summed E-state index contributed by atoms with van der Waals surface area (Å²) in [5.74, 6) is -1.02. The fraction of sp³-hybridized carbons (Fsp3) is 0.407. The molecule has 0 unspecified atom stereocenters. The number of rotatable bonds is 12. The lowest BCUT2D eigenvalue weighted by Crippen LogP contribution is -2.12. The van der Waals surface area contributed by atoms with Gasteiger partial charge in [-0.05, 0) is 62.4 Å². The van der Waals surface area contributed by atoms with Crippen LogP contribution in [0.1, 0.15) is 60.6 Å². The number of nitrogens with zero attached hydrogens (tertiary/aromatic N) is 1. The summed E-state index contributed by atoms with van der Waals surface area (Å²) in [5.41, 5.74) is 5.00. The summed E-state index contributed by atoms with van der Waals surface area (Å²) in [4.78, 5) is 24.4. The highest BCUT2D eigenvalue weighted by Crippen LogP contribution is 2.30. The molecular weight excluding hydrogens is 436 g/mol. The number of aryl methyl sites for hydroxylation is 2. The van der Waals surface area contributed by atoms with Gasteiger partial charge < -0.3 is 15.0 Å². The quantitative estimate of drug-likeness (QED) is 0.230. The van der Waals surface area contributed by atoms with Crippen molar-refractivity contribution >= 4 is 39.9 Å². The summed E-state index contributed by atoms with van der Waals surface area (Å²) in [6.45, 7) is 4.72. The average Bonchev–Trinajstić information content (AvgIpc) is 3.01. The molecule has 1 atom stereocenters. The van der Waals surface area contributed by atoms with Gasteiger partial charge in [-0.3, -0.25) is 9.59 Å². The lowest BCUT2D eigenvalue weighted by atomic mass is 9.94. The average molecular weight is 469 g/mol. The number of carbonyl (C=O) groups is 2. The largest absolute Gasteiger partial charge is 0.481 e. The van der Waals surface area contributed by atoms with Crippen LogP contribution in [-0.4, -0.2) is 28.0 Å². The Labute approximate surface area is 200 Å². The van der Waals surface area contributed by atoms with E-state index in [0.29, 0.717) is 0 Å². The number of hydrogen-bond acceptors (Lipinski definition) is 3. The van der Waals surface area contributed by atoms with Crippen molar-refractivity contribution in [3.8, 4) is 0 Å². The zero-order chi connectivity index (χ0) is 24.0. The molecule has 3 rings (SSSR count). The topological polar surface area (TPSA) is 71.3 Å². The van der Waals surface area contributed by atoms with Gasteiger partial charge in [0.15, 0.2) is 5.78 Å². The summed E-state index contributed by atoms with van der Waals surface area (Å²) in [6.07, 6.45) is 4.10. The molecule has 33 heavy (non-hydrogen) atoms. The number of unbranched alkanes of at least 4 members (excludes halogenated alkanes) is 2. The zero-order valence-corrected chi connectivity index (χ0v) is 20.4. The molecule has 0 aliphatic heterocycles. The van der Waals surface area contributed by atoms with Gasteiger partial charge in [-0.2, -0.15) is 0 Å². The number of carboxylic acid groups (broad SMARTS) is 1. The van der Waals surface area contributed by atoms with Crippen LogP contribution in [-0.2, 0) is 18.3 Å². The van der Waals surface area contributed by atoms with E-state index in [0.717, 1.165) is 70.7 Å². The smallest absolute Gasteiger partial charge is 0.303 e. The third-order valence-corrected chi connectivity index (χ3v) is 6.29. The minimum absolute atomic E-state index is 0.00446. The van der Waals surface area contributed by atoms with Gasteiger partial charge in [-0.15, -0.1) is 0 Å². The van der Waals surface area contributed by atoms with Crippen LogP contribution >= 0.6 is 11.6 Å². The van der Waals surface area contributed by atoms with Crippen molar-refractivity contribution in [1.82, 2.24) is 4.57 Å². The number of anilines is 1. The molecule has 0 saturated heterocycles. The first-order valence-electron chi connectivity index (χ1n) is 11.6. The number of carbonyl (C=O) groups excluding carboxylic acids is 1. The summed E-state index contributed by atoms with van der Waals surface area (Å²) < 4.78 is 2.13. The van der Waals surface area contributed by atoms with Crippen LogP contribution in [0.5, 0.6) is 0 Å². The number of fused-ring (bicyclic) bond motifs is 1. The Balaban J connectivity index is 1.68. The Kier molecular flexibility index (Phi) is 8.56. The molecule has 0 spiro atoms. The molecule has 6 heteroatoms. The first kappa shape index (κ1) is 24.8. The second-order valence-corrected chi connectivity index (χ2v) is 9.42. The third-order valence-electron chi connectivity index (χ3n) is 6.06. The molecular formula is C27H33ClN2O3. The fourth-order valence-electron chi connectivity index (χ4n) is 4.43. The normalized spacial score (nSPS) is 12.1. The summed E-state index contributed by atoms with van der Waals surface area (Å²) in [5, 5.41) is 14.2. The van der Waals surface area contributed by atoms with Crippen LogP contribution in [0.3, 0.4) is 0 Å². The Hall–Kier alpha value is -2.79. The maximum absolute atomic E-state index is 13.3. The van der Waals surface area contributed by atoms with Gasteiger partial charge in [0.1, 0.15) is 0 Å². The molecule has 0 fully saturated rings. The molecule has 0 bridgehead atoms. The summed E-state index contributed by atoms with van der Waals surface area (Å²) >= 11 is 6.03. The van der Waals surface area contributed by atoms with Crippen molar-refractivity contribution < 1.29 is 14.7 Å². The third kappa shape index (κ3) is 6.61. The minimum atomic E-state index is -0.865. The number of ketones is 1. The maximum Gasteiger partial charge on any atom is 0.303 e. The Morgan fingerprint density at radius 3 is 2.61 bits per heavy atom. The van der Waals surface area contributed by atoms with Gasteiger partial charge in [-0.25, -0.2) is 0 Å². The minimum Gasteiger partial charge on any atom is -0.481 e. The number of benzene rings is 2. The molecule has 1 aromatic heterocycles. The highest BCUT2D eigenvalue weighted by atomic mass is 35.5. The number of aliphatic carboxylic acids is 1. The fourth-order valence-corrected chi connectivity index (χ4v) is 4.62. The van der Waals surface area contributed by atoms with E-state index in [4.69, 9.17) is 16.7 Å². The second-order valence-electron chi connectivity index (χ2n) is 8.98. The van der Waals surface area contributed by atoms with Crippen molar-refractivity contribution in [2.24, 2.45) is 13.0 Å². The highest BCUT2D eigenvalue weighted by molar-refractivity contribution is 6.30. The van der Waals surface area contributed by atoms with E-state index in [1.165, 1.54) is 0 Å². The number of halogens is 1. The van der Waals surface area contributed by atoms with E-state index in [-0.39, 0.29) is 24.5 Å². The van der Waals surface area contributed by atoms with Crippen molar-refractivity contribution in [2.45, 2.75) is 52.4 Å². The van der Waals surface area contributed by atoms with Crippen molar-refractivity contribution in [3.05, 3.63) is 64.3 Å². The molecule has 0 saturated carbocycles. The number of aromatic nitrogens is 1. The van der Waals surface area contributed by atoms with E-state index in [1.807, 2.05) is 45.2 Å². The molecule has 5 nitrogen and oxygen atoms in total. The molecule has 0 aliphatic rings. The van der Waals surface area contributed by atoms with Crippen LogP contribution in [0.25, 0.3) is 10.9 Å². The lowest BCUT2D eigenvalue weighted by molar-refractivity contribution is -0.137. The first-order chi connectivity index (χ1) is 15.8. The standard InChI is InChI=1S/C27H33ClN2O3/c1-18-11-12-23-22(14-18)27(25(31)15-19(2)16-26(32)33)24(30(23)3)10-5-4-6-13-29-21-9-7-8-20(28)17-21/h7-9,11-12,14,17,19,29H,4-6,10,13,15-16H2,1-3H3,(H,32,33)/t19-/m0/s1.